The molecule has 2 aromatic rings. The minimum atomic E-state index is -0.120. The molecule has 1 aliphatic rings. The van der Waals surface area contributed by atoms with Gasteiger partial charge >= 0.3 is 5.69 Å². The van der Waals surface area contributed by atoms with Crippen molar-refractivity contribution in [2.75, 3.05) is 5.43 Å². The smallest absolute Gasteiger partial charge is 0.308 e. The van der Waals surface area contributed by atoms with E-state index in [9.17, 15) is 4.79 Å². The Hall–Kier alpha value is -1.80. The maximum absolute atomic E-state index is 11.6. The molecule has 2 aromatic heterocycles. The number of anilines is 1. The quantitative estimate of drug-likeness (QED) is 0.426. The lowest BCUT2D eigenvalue weighted by atomic mass is 10.3. The second-order valence-corrected chi connectivity index (χ2v) is 5.34. The summed E-state index contributed by atoms with van der Waals surface area (Å²) in [5, 5.41) is 7.31. The van der Waals surface area contributed by atoms with Gasteiger partial charge in [-0.3, -0.25) is 4.57 Å². The number of nitrogens with two attached hydrogens (primary N) is 1. The highest BCUT2D eigenvalue weighted by Gasteiger charge is 2.28. The molecule has 19 heavy (non-hydrogen) atoms. The largest absolute Gasteiger partial charge is 0.344 e. The summed E-state index contributed by atoms with van der Waals surface area (Å²) in [5.74, 6) is 6.60. The molecule has 8 heteroatoms. The maximum Gasteiger partial charge on any atom is 0.344 e. The predicted octanol–water partition coefficient (Wildman–Crippen LogP) is 0.879. The second-order valence-electron chi connectivity index (χ2n) is 4.40. The fourth-order valence-corrected chi connectivity index (χ4v) is 2.74. The molecule has 100 valence electrons. The number of pyridine rings is 1. The number of hydrazine groups is 1. The van der Waals surface area contributed by atoms with Crippen molar-refractivity contribution in [3.05, 3.63) is 34.4 Å². The zero-order valence-electron chi connectivity index (χ0n) is 10.2. The molecule has 1 aliphatic carbocycles. The first kappa shape index (κ1) is 12.2. The molecule has 3 rings (SSSR count). The highest BCUT2D eigenvalue weighted by molar-refractivity contribution is 7.98. The van der Waals surface area contributed by atoms with Crippen LogP contribution in [0.5, 0.6) is 0 Å². The summed E-state index contributed by atoms with van der Waals surface area (Å²) in [6.07, 6.45) is 3.88. The third kappa shape index (κ3) is 2.64. The Morgan fingerprint density at radius 2 is 2.37 bits per heavy atom. The van der Waals surface area contributed by atoms with Crippen molar-refractivity contribution in [3.63, 3.8) is 0 Å². The number of nitrogens with one attached hydrogen (secondary N) is 2. The summed E-state index contributed by atoms with van der Waals surface area (Å²) in [7, 11) is 0. The van der Waals surface area contributed by atoms with Gasteiger partial charge in [0.2, 0.25) is 0 Å². The topological polar surface area (TPSA) is 102 Å². The van der Waals surface area contributed by atoms with Gasteiger partial charge in [-0.05, 0) is 24.5 Å². The minimum Gasteiger partial charge on any atom is -0.308 e. The van der Waals surface area contributed by atoms with Crippen molar-refractivity contribution < 1.29 is 0 Å². The van der Waals surface area contributed by atoms with Crippen molar-refractivity contribution in [3.8, 4) is 0 Å². The van der Waals surface area contributed by atoms with Crippen molar-refractivity contribution in [2.45, 2.75) is 29.8 Å². The molecule has 7 nitrogen and oxygen atoms in total. The van der Waals surface area contributed by atoms with Crippen LogP contribution in [0.1, 0.15) is 24.4 Å². The van der Waals surface area contributed by atoms with Crippen molar-refractivity contribution >= 4 is 17.6 Å². The number of aromatic amines is 1. The number of hydrogen-bond donors (Lipinski definition) is 3. The summed E-state index contributed by atoms with van der Waals surface area (Å²) in [6, 6.07) is 4.09. The number of H-pyrrole nitrogens is 1. The molecule has 1 fully saturated rings. The Kier molecular flexibility index (Phi) is 3.26. The minimum absolute atomic E-state index is 0.120. The van der Waals surface area contributed by atoms with E-state index in [2.05, 4.69) is 20.6 Å². The Morgan fingerprint density at radius 1 is 1.53 bits per heavy atom. The average molecular weight is 278 g/mol. The zero-order chi connectivity index (χ0) is 13.2. The average Bonchev–Trinajstić information content (AvgIpc) is 3.21. The Morgan fingerprint density at radius 3 is 3.00 bits per heavy atom. The van der Waals surface area contributed by atoms with E-state index in [4.69, 9.17) is 5.84 Å². The van der Waals surface area contributed by atoms with Gasteiger partial charge in [0, 0.05) is 18.0 Å². The van der Waals surface area contributed by atoms with Crippen molar-refractivity contribution in [1.29, 1.82) is 0 Å². The number of nitrogens with zero attached hydrogens (tertiary/aromatic N) is 3. The van der Waals surface area contributed by atoms with Crippen LogP contribution in [0.2, 0.25) is 0 Å². The normalized spacial score (nSPS) is 14.6. The summed E-state index contributed by atoms with van der Waals surface area (Å²) >= 11 is 1.53. The first-order valence-electron chi connectivity index (χ1n) is 5.99. The molecular formula is C11H14N6OS. The lowest BCUT2D eigenvalue weighted by molar-refractivity contribution is 0.642. The Bertz CT molecular complexity index is 615. The van der Waals surface area contributed by atoms with E-state index in [1.165, 1.54) is 11.8 Å². The van der Waals surface area contributed by atoms with Gasteiger partial charge in [0.1, 0.15) is 5.82 Å². The lowest BCUT2D eigenvalue weighted by Crippen LogP contribution is -2.16. The van der Waals surface area contributed by atoms with Gasteiger partial charge in [-0.15, -0.1) is 5.10 Å². The summed E-state index contributed by atoms with van der Waals surface area (Å²) < 4.78 is 1.74. The first-order valence-corrected chi connectivity index (χ1v) is 6.98. The monoisotopic (exact) mass is 278 g/mol. The second kappa shape index (κ2) is 5.06. The number of hydrogen-bond acceptors (Lipinski definition) is 6. The van der Waals surface area contributed by atoms with Gasteiger partial charge in [-0.1, -0.05) is 17.8 Å². The molecule has 1 saturated carbocycles. The zero-order valence-corrected chi connectivity index (χ0v) is 11.0. The number of thioether (sulfide) groups is 1. The van der Waals surface area contributed by atoms with E-state index >= 15 is 0 Å². The molecule has 0 spiro atoms. The first-order chi connectivity index (χ1) is 9.28. The van der Waals surface area contributed by atoms with E-state index in [-0.39, 0.29) is 5.69 Å². The summed E-state index contributed by atoms with van der Waals surface area (Å²) in [4.78, 5) is 15.8. The lowest BCUT2D eigenvalue weighted by Gasteiger charge is -2.04. The fraction of sp³-hybridized carbons (Fsp3) is 0.364. The van der Waals surface area contributed by atoms with Crippen molar-refractivity contribution in [2.24, 2.45) is 5.84 Å². The molecule has 2 heterocycles. The molecule has 0 radical (unpaired) electrons. The molecule has 0 aromatic carbocycles. The van der Waals surface area contributed by atoms with Gasteiger partial charge in [0.05, 0.1) is 0 Å². The van der Waals surface area contributed by atoms with E-state index in [0.717, 1.165) is 29.3 Å². The van der Waals surface area contributed by atoms with Crippen molar-refractivity contribution in [1.82, 2.24) is 19.7 Å². The van der Waals surface area contributed by atoms with Gasteiger partial charge in [-0.2, -0.15) is 0 Å². The molecule has 0 atom stereocenters. The van der Waals surface area contributed by atoms with Crippen LogP contribution in [0.3, 0.4) is 0 Å². The van der Waals surface area contributed by atoms with Gasteiger partial charge in [0.15, 0.2) is 5.16 Å². The third-order valence-corrected chi connectivity index (χ3v) is 3.95. The van der Waals surface area contributed by atoms with Crippen LogP contribution < -0.4 is 17.0 Å². The molecule has 0 aliphatic heterocycles. The van der Waals surface area contributed by atoms with Crippen LogP contribution in [0.25, 0.3) is 0 Å². The fourth-order valence-electron chi connectivity index (χ4n) is 1.79. The Labute approximate surface area is 113 Å². The number of rotatable bonds is 5. The maximum atomic E-state index is 11.6. The van der Waals surface area contributed by atoms with Crippen LogP contribution in [-0.2, 0) is 5.75 Å². The summed E-state index contributed by atoms with van der Waals surface area (Å²) in [6.45, 7) is 0. The van der Waals surface area contributed by atoms with E-state index in [1.807, 2.05) is 12.1 Å². The summed E-state index contributed by atoms with van der Waals surface area (Å²) in [5.41, 5.74) is 3.42. The standard InChI is InChI=1S/C11H14N6OS/c12-14-9-4-1-7(5-13-9)6-19-11-16-15-10(18)17(11)8-2-3-8/h1,4-5,8H,2-3,6,12H2,(H,13,14)(H,15,18). The van der Waals surface area contributed by atoms with E-state index in [1.54, 1.807) is 10.8 Å². The van der Waals surface area contributed by atoms with E-state index in [0.29, 0.717) is 11.9 Å². The highest BCUT2D eigenvalue weighted by Crippen LogP contribution is 2.36. The third-order valence-electron chi connectivity index (χ3n) is 2.92. The molecule has 4 N–H and O–H groups in total. The number of aromatic nitrogens is 4. The molecule has 0 amide bonds. The van der Waals surface area contributed by atoms with Crippen LogP contribution in [0.4, 0.5) is 5.82 Å². The molecular weight excluding hydrogens is 264 g/mol. The van der Waals surface area contributed by atoms with Crippen LogP contribution in [0, 0.1) is 0 Å². The highest BCUT2D eigenvalue weighted by atomic mass is 32.2. The van der Waals surface area contributed by atoms with Crippen LogP contribution >= 0.6 is 11.8 Å². The van der Waals surface area contributed by atoms with Crippen LogP contribution in [0.15, 0.2) is 28.3 Å². The molecule has 0 bridgehead atoms. The number of nitrogen functional groups attached to an aromatic ring is 1. The van der Waals surface area contributed by atoms with Gasteiger partial charge in [0.25, 0.3) is 0 Å². The van der Waals surface area contributed by atoms with Crippen LogP contribution in [-0.4, -0.2) is 19.7 Å². The Balaban J connectivity index is 1.70. The van der Waals surface area contributed by atoms with Gasteiger partial charge in [-0.25, -0.2) is 20.7 Å². The SMILES string of the molecule is NNc1ccc(CSc2n[nH]c(=O)n2C2CC2)cn1. The molecule has 0 unspecified atom stereocenters. The predicted molar refractivity (Wildman–Crippen MR) is 72.7 cm³/mol. The van der Waals surface area contributed by atoms with Gasteiger partial charge < -0.3 is 5.43 Å². The van der Waals surface area contributed by atoms with E-state index < -0.39 is 0 Å². The molecule has 0 saturated heterocycles.